The average Bonchev–Trinajstić information content (AvgIpc) is 2.80. The number of allylic oxidation sites excluding steroid dienone is 4. The van der Waals surface area contributed by atoms with Gasteiger partial charge in [-0.15, -0.1) is 0 Å². The zero-order valence-electron chi connectivity index (χ0n) is 22.7. The minimum absolute atomic E-state index is 0.0137. The van der Waals surface area contributed by atoms with Crippen molar-refractivity contribution in [3.63, 3.8) is 0 Å². The van der Waals surface area contributed by atoms with Gasteiger partial charge in [0.1, 0.15) is 0 Å². The minimum atomic E-state index is -0.226. The smallest absolute Gasteiger partial charge is 0.223 e. The summed E-state index contributed by atoms with van der Waals surface area (Å²) in [6.07, 6.45) is 8.45. The van der Waals surface area contributed by atoms with E-state index in [9.17, 15) is 14.4 Å². The van der Waals surface area contributed by atoms with Gasteiger partial charge >= 0.3 is 0 Å². The molecule has 196 valence electrons. The van der Waals surface area contributed by atoms with Gasteiger partial charge in [-0.25, -0.2) is 0 Å². The van der Waals surface area contributed by atoms with Crippen molar-refractivity contribution in [3.8, 4) is 0 Å². The third kappa shape index (κ3) is 6.88. The zero-order chi connectivity index (χ0) is 26.6. The van der Waals surface area contributed by atoms with E-state index in [0.29, 0.717) is 29.8 Å². The Morgan fingerprint density at radius 2 is 1.81 bits per heavy atom. The monoisotopic (exact) mass is 512 g/mol. The van der Waals surface area contributed by atoms with Gasteiger partial charge in [0.2, 0.25) is 5.91 Å². The highest BCUT2D eigenvalue weighted by molar-refractivity contribution is 6.31. The number of ketones is 2. The zero-order valence-corrected chi connectivity index (χ0v) is 23.5. The molecule has 6 heteroatoms. The molecule has 0 aromatic heterocycles. The van der Waals surface area contributed by atoms with Crippen molar-refractivity contribution in [1.29, 1.82) is 0 Å². The molecule has 1 fully saturated rings. The van der Waals surface area contributed by atoms with Crippen LogP contribution in [0, 0.1) is 18.3 Å². The Hall–Kier alpha value is -2.40. The number of amides is 1. The maximum Gasteiger partial charge on any atom is 0.223 e. The van der Waals surface area contributed by atoms with Crippen LogP contribution in [0.3, 0.4) is 0 Å². The number of likely N-dealkylation sites (tertiary alicyclic amines) is 1. The van der Waals surface area contributed by atoms with Crippen molar-refractivity contribution >= 4 is 34.8 Å². The van der Waals surface area contributed by atoms with E-state index in [0.717, 1.165) is 49.3 Å². The van der Waals surface area contributed by atoms with Gasteiger partial charge in [-0.1, -0.05) is 50.1 Å². The molecule has 1 saturated heterocycles. The normalized spacial score (nSPS) is 18.9. The molecule has 0 spiro atoms. The first-order valence-electron chi connectivity index (χ1n) is 13.2. The number of anilines is 1. The average molecular weight is 513 g/mol. The van der Waals surface area contributed by atoms with E-state index in [-0.39, 0.29) is 34.8 Å². The summed E-state index contributed by atoms with van der Waals surface area (Å²) in [6.45, 7) is 14.6. The molecule has 0 N–H and O–H groups in total. The third-order valence-corrected chi connectivity index (χ3v) is 7.63. The van der Waals surface area contributed by atoms with Gasteiger partial charge in [0.05, 0.1) is 0 Å². The number of hydrogen-bond donors (Lipinski definition) is 0. The highest BCUT2D eigenvalue weighted by Gasteiger charge is 2.30. The second-order valence-electron chi connectivity index (χ2n) is 11.4. The van der Waals surface area contributed by atoms with Crippen molar-refractivity contribution in [2.45, 2.75) is 79.7 Å². The maximum atomic E-state index is 13.3. The standard InChI is InChI=1S/C30H41ClN2O3/c1-7-33(23-13-15-32(16-14-23)29(36)19-30(4,5)6)26-18-22(31)17-25(21(26)3)28(35)12-11-24-20(2)9-8-10-27(24)34/h8-10,17-18,23-24H,7,11-16,19H2,1-6H3. The highest BCUT2D eigenvalue weighted by Crippen LogP contribution is 2.33. The molecule has 3 rings (SSSR count). The third-order valence-electron chi connectivity index (χ3n) is 7.41. The number of benzene rings is 1. The van der Waals surface area contributed by atoms with Gasteiger partial charge in [0.15, 0.2) is 11.6 Å². The number of piperidine rings is 1. The van der Waals surface area contributed by atoms with Crippen LogP contribution in [0.2, 0.25) is 5.02 Å². The molecule has 1 atom stereocenters. The lowest BCUT2D eigenvalue weighted by atomic mass is 9.86. The Balaban J connectivity index is 1.72. The molecule has 1 unspecified atom stereocenters. The van der Waals surface area contributed by atoms with Crippen LogP contribution in [0.25, 0.3) is 0 Å². The molecule has 0 saturated carbocycles. The van der Waals surface area contributed by atoms with Gasteiger partial charge in [-0.3, -0.25) is 14.4 Å². The van der Waals surface area contributed by atoms with Crippen LogP contribution >= 0.6 is 11.6 Å². The van der Waals surface area contributed by atoms with Crippen molar-refractivity contribution in [2.24, 2.45) is 11.3 Å². The van der Waals surface area contributed by atoms with Crippen molar-refractivity contribution < 1.29 is 14.4 Å². The molecule has 36 heavy (non-hydrogen) atoms. The largest absolute Gasteiger partial charge is 0.368 e. The summed E-state index contributed by atoms with van der Waals surface area (Å²) < 4.78 is 0. The van der Waals surface area contributed by atoms with E-state index in [2.05, 4.69) is 32.6 Å². The second-order valence-corrected chi connectivity index (χ2v) is 11.9. The van der Waals surface area contributed by atoms with Gasteiger partial charge in [0.25, 0.3) is 0 Å². The van der Waals surface area contributed by atoms with Gasteiger partial charge < -0.3 is 9.80 Å². The first kappa shape index (κ1) is 28.2. The molecular weight excluding hydrogens is 472 g/mol. The van der Waals surface area contributed by atoms with Crippen LogP contribution in [0.4, 0.5) is 5.69 Å². The number of hydrogen-bond acceptors (Lipinski definition) is 4. The summed E-state index contributed by atoms with van der Waals surface area (Å²) in [5.41, 5.74) is 3.54. The highest BCUT2D eigenvalue weighted by atomic mass is 35.5. The fourth-order valence-corrected chi connectivity index (χ4v) is 5.61. The van der Waals surface area contributed by atoms with Crippen LogP contribution in [0.5, 0.6) is 0 Å². The quantitative estimate of drug-likeness (QED) is 0.370. The molecule has 0 radical (unpaired) electrons. The molecule has 1 aromatic carbocycles. The Morgan fingerprint density at radius 1 is 1.14 bits per heavy atom. The van der Waals surface area contributed by atoms with Crippen LogP contribution in [0.1, 0.15) is 82.6 Å². The topological polar surface area (TPSA) is 57.7 Å². The summed E-state index contributed by atoms with van der Waals surface area (Å²) in [7, 11) is 0. The lowest BCUT2D eigenvalue weighted by Gasteiger charge is -2.40. The number of carbonyl (C=O) groups is 3. The second kappa shape index (κ2) is 11.8. The van der Waals surface area contributed by atoms with Gasteiger partial charge in [0, 0.05) is 60.7 Å². The summed E-state index contributed by atoms with van der Waals surface area (Å²) in [6, 6.07) is 4.00. The van der Waals surface area contributed by atoms with Crippen LogP contribution in [-0.2, 0) is 9.59 Å². The molecule has 5 nitrogen and oxygen atoms in total. The molecule has 1 aliphatic carbocycles. The van der Waals surface area contributed by atoms with E-state index in [1.54, 1.807) is 18.2 Å². The van der Waals surface area contributed by atoms with Crippen LogP contribution in [0.15, 0.2) is 35.9 Å². The summed E-state index contributed by atoms with van der Waals surface area (Å²) >= 11 is 6.52. The molecule has 2 aliphatic rings. The summed E-state index contributed by atoms with van der Waals surface area (Å²) in [4.78, 5) is 42.6. The Labute approximate surface area is 221 Å². The molecule has 0 bridgehead atoms. The van der Waals surface area contributed by atoms with E-state index >= 15 is 0 Å². The van der Waals surface area contributed by atoms with Crippen molar-refractivity contribution in [2.75, 3.05) is 24.5 Å². The Bertz CT molecular complexity index is 1060. The lowest BCUT2D eigenvalue weighted by molar-refractivity contribution is -0.134. The maximum absolute atomic E-state index is 13.3. The molecule has 1 aromatic rings. The predicted molar refractivity (Wildman–Crippen MR) is 148 cm³/mol. The summed E-state index contributed by atoms with van der Waals surface area (Å²) in [5.74, 6) is 0.0879. The number of rotatable bonds is 8. The number of carbonyl (C=O) groups excluding carboxylic acids is 3. The molecule has 1 amide bonds. The fraction of sp³-hybridized carbons (Fsp3) is 0.567. The Morgan fingerprint density at radius 3 is 2.39 bits per heavy atom. The lowest BCUT2D eigenvalue weighted by Crippen LogP contribution is -2.47. The van der Waals surface area contributed by atoms with Crippen LogP contribution < -0.4 is 4.90 Å². The van der Waals surface area contributed by atoms with Crippen molar-refractivity contribution in [3.05, 3.63) is 52.1 Å². The SMILES string of the molecule is CCN(c1cc(Cl)cc(C(=O)CCC2C(=O)C=CC=C2C)c1C)C1CCN(C(=O)CC(C)(C)C)CC1. The molecular formula is C30H41ClN2O3. The number of halogens is 1. The Kier molecular flexibility index (Phi) is 9.21. The van der Waals surface area contributed by atoms with Crippen LogP contribution in [-0.4, -0.2) is 48.0 Å². The fourth-order valence-electron chi connectivity index (χ4n) is 5.40. The van der Waals surface area contributed by atoms with E-state index in [4.69, 9.17) is 11.6 Å². The first-order valence-corrected chi connectivity index (χ1v) is 13.6. The number of Topliss-reactive ketones (excluding diaryl/α,β-unsaturated/α-hetero) is 1. The van der Waals surface area contributed by atoms with E-state index < -0.39 is 0 Å². The number of nitrogens with zero attached hydrogens (tertiary/aromatic N) is 2. The molecule has 1 heterocycles. The van der Waals surface area contributed by atoms with E-state index in [1.165, 1.54) is 0 Å². The predicted octanol–water partition coefficient (Wildman–Crippen LogP) is 6.57. The van der Waals surface area contributed by atoms with Gasteiger partial charge in [-0.05, 0) is 69.2 Å². The first-order chi connectivity index (χ1) is 16.9. The van der Waals surface area contributed by atoms with Gasteiger partial charge in [-0.2, -0.15) is 0 Å². The summed E-state index contributed by atoms with van der Waals surface area (Å²) in [5, 5.41) is 0.544. The van der Waals surface area contributed by atoms with E-state index in [1.807, 2.05) is 30.9 Å². The minimum Gasteiger partial charge on any atom is -0.368 e. The van der Waals surface area contributed by atoms with Crippen molar-refractivity contribution in [1.82, 2.24) is 4.90 Å². The molecule has 1 aliphatic heterocycles.